The van der Waals surface area contributed by atoms with E-state index in [-0.39, 0.29) is 19.2 Å². The Kier molecular flexibility index (Phi) is 4.44. The highest BCUT2D eigenvalue weighted by molar-refractivity contribution is 6.20. The first kappa shape index (κ1) is 8.72. The summed E-state index contributed by atoms with van der Waals surface area (Å²) in [6, 6.07) is 0. The lowest BCUT2D eigenvalue weighted by Gasteiger charge is -2.03. The molecule has 0 aliphatic rings. The molecule has 0 aliphatic carbocycles. The number of ether oxygens (including phenoxy) is 1. The van der Waals surface area contributed by atoms with E-state index in [2.05, 4.69) is 4.74 Å². The number of alkyl halides is 1. The van der Waals surface area contributed by atoms with E-state index in [4.69, 9.17) is 16.7 Å². The fraction of sp³-hybridized carbons (Fsp3) is 0.800. The Morgan fingerprint density at radius 3 is 2.78 bits per heavy atom. The minimum atomic E-state index is -0.478. The molecule has 0 aromatic heterocycles. The molecule has 0 heterocycles. The molecule has 0 bridgehead atoms. The number of carbonyl (C=O) groups excluding carboxylic acids is 1. The van der Waals surface area contributed by atoms with E-state index in [1.165, 1.54) is 6.92 Å². The van der Waals surface area contributed by atoms with Gasteiger partial charge in [-0.25, -0.2) is 0 Å². The Morgan fingerprint density at radius 1 is 1.89 bits per heavy atom. The van der Waals surface area contributed by atoms with Gasteiger partial charge in [0.05, 0.1) is 12.0 Å². The van der Waals surface area contributed by atoms with E-state index in [0.717, 1.165) is 0 Å². The summed E-state index contributed by atoms with van der Waals surface area (Å²) in [6.45, 7) is 1.20. The fourth-order valence-corrected chi connectivity index (χ4v) is 0.323. The van der Waals surface area contributed by atoms with Crippen molar-refractivity contribution in [2.75, 3.05) is 13.2 Å². The van der Waals surface area contributed by atoms with Gasteiger partial charge in [-0.05, 0) is 0 Å². The molecule has 0 aromatic carbocycles. The second-order valence-electron chi connectivity index (χ2n) is 1.58. The van der Waals surface area contributed by atoms with Crippen molar-refractivity contribution < 1.29 is 14.6 Å². The summed E-state index contributed by atoms with van der Waals surface area (Å²) in [4.78, 5) is 10.1. The molecule has 0 saturated heterocycles. The van der Waals surface area contributed by atoms with Gasteiger partial charge in [0.15, 0.2) is 0 Å². The molecule has 54 valence electrons. The lowest BCUT2D eigenvalue weighted by molar-refractivity contribution is -0.141. The highest BCUT2D eigenvalue weighted by Crippen LogP contribution is 1.93. The van der Waals surface area contributed by atoms with Crippen LogP contribution in [0.15, 0.2) is 0 Å². The van der Waals surface area contributed by atoms with Gasteiger partial charge in [-0.1, -0.05) is 0 Å². The van der Waals surface area contributed by atoms with Gasteiger partial charge in [-0.2, -0.15) is 0 Å². The average Bonchev–Trinajstić information content (AvgIpc) is 1.83. The molecule has 0 radical (unpaired) electrons. The van der Waals surface area contributed by atoms with Crippen LogP contribution in [0, 0.1) is 0 Å². The van der Waals surface area contributed by atoms with Crippen molar-refractivity contribution >= 4 is 17.6 Å². The molecule has 0 rings (SSSR count). The van der Waals surface area contributed by atoms with E-state index in [1.807, 2.05) is 0 Å². The first-order chi connectivity index (χ1) is 4.16. The number of rotatable bonds is 3. The van der Waals surface area contributed by atoms with Crippen LogP contribution in [0.2, 0.25) is 0 Å². The molecule has 0 aliphatic heterocycles. The van der Waals surface area contributed by atoms with E-state index < -0.39 is 5.38 Å². The standard InChI is InChI=1S/C5H9ClO3/c1-4(8)9-3-5(6)2-7/h5,7H,2-3H2,1H3. The highest BCUT2D eigenvalue weighted by atomic mass is 35.5. The molecule has 1 N–H and O–H groups in total. The first-order valence-electron chi connectivity index (χ1n) is 2.55. The highest BCUT2D eigenvalue weighted by Gasteiger charge is 2.02. The number of halogens is 1. The van der Waals surface area contributed by atoms with Crippen LogP contribution in [0.1, 0.15) is 6.92 Å². The average molecular weight is 153 g/mol. The molecule has 0 spiro atoms. The molecule has 1 atom stereocenters. The molecule has 1 unspecified atom stereocenters. The summed E-state index contributed by atoms with van der Waals surface area (Å²) in [7, 11) is 0. The number of hydrogen-bond acceptors (Lipinski definition) is 3. The van der Waals surface area contributed by atoms with Crippen molar-refractivity contribution in [3.8, 4) is 0 Å². The van der Waals surface area contributed by atoms with Crippen molar-refractivity contribution in [2.24, 2.45) is 0 Å². The second-order valence-corrected chi connectivity index (χ2v) is 2.20. The number of esters is 1. The van der Waals surface area contributed by atoms with Gasteiger partial charge in [-0.3, -0.25) is 4.79 Å². The van der Waals surface area contributed by atoms with Crippen LogP contribution >= 0.6 is 11.6 Å². The molecular weight excluding hydrogens is 144 g/mol. The molecule has 0 fully saturated rings. The molecule has 0 amide bonds. The van der Waals surface area contributed by atoms with E-state index in [0.29, 0.717) is 0 Å². The van der Waals surface area contributed by atoms with E-state index in [9.17, 15) is 4.79 Å². The zero-order valence-corrected chi connectivity index (χ0v) is 5.89. The second kappa shape index (κ2) is 4.58. The minimum absolute atomic E-state index is 0.0768. The van der Waals surface area contributed by atoms with Gasteiger partial charge in [-0.15, -0.1) is 11.6 Å². The predicted molar refractivity (Wildman–Crippen MR) is 33.4 cm³/mol. The predicted octanol–water partition coefficient (Wildman–Crippen LogP) is 0.149. The summed E-state index contributed by atoms with van der Waals surface area (Å²) in [5.41, 5.74) is 0. The third kappa shape index (κ3) is 5.59. The van der Waals surface area contributed by atoms with Gasteiger partial charge in [0, 0.05) is 6.92 Å². The number of aliphatic hydroxyl groups excluding tert-OH is 1. The quantitative estimate of drug-likeness (QED) is 0.463. The topological polar surface area (TPSA) is 46.5 Å². The maximum atomic E-state index is 10.1. The Hall–Kier alpha value is -0.280. The molecule has 4 heteroatoms. The smallest absolute Gasteiger partial charge is 0.302 e. The molecule has 0 saturated carbocycles. The van der Waals surface area contributed by atoms with Crippen LogP contribution < -0.4 is 0 Å². The molecule has 3 nitrogen and oxygen atoms in total. The van der Waals surface area contributed by atoms with Crippen LogP contribution in [0.4, 0.5) is 0 Å². The Morgan fingerprint density at radius 2 is 2.44 bits per heavy atom. The summed E-state index contributed by atoms with van der Waals surface area (Å²) >= 11 is 5.38. The molecular formula is C5H9ClO3. The van der Waals surface area contributed by atoms with E-state index in [1.54, 1.807) is 0 Å². The van der Waals surface area contributed by atoms with Gasteiger partial charge in [0.1, 0.15) is 6.61 Å². The number of aliphatic hydroxyl groups is 1. The van der Waals surface area contributed by atoms with Gasteiger partial charge in [0.2, 0.25) is 0 Å². The molecule has 9 heavy (non-hydrogen) atoms. The van der Waals surface area contributed by atoms with Gasteiger partial charge in [0.25, 0.3) is 0 Å². The van der Waals surface area contributed by atoms with Crippen LogP contribution in [0.25, 0.3) is 0 Å². The minimum Gasteiger partial charge on any atom is -0.464 e. The van der Waals surface area contributed by atoms with Crippen molar-refractivity contribution in [2.45, 2.75) is 12.3 Å². The van der Waals surface area contributed by atoms with Crippen LogP contribution in [-0.2, 0) is 9.53 Å². The zero-order valence-electron chi connectivity index (χ0n) is 5.13. The van der Waals surface area contributed by atoms with Crippen LogP contribution in [-0.4, -0.2) is 29.7 Å². The Labute approximate surface area is 58.6 Å². The third-order valence-corrected chi connectivity index (χ3v) is 0.930. The SMILES string of the molecule is CC(=O)OCC(Cl)CO. The normalized spacial score (nSPS) is 12.8. The lowest BCUT2D eigenvalue weighted by Crippen LogP contribution is -2.15. The van der Waals surface area contributed by atoms with Crippen molar-refractivity contribution in [3.05, 3.63) is 0 Å². The van der Waals surface area contributed by atoms with Gasteiger partial charge >= 0.3 is 5.97 Å². The van der Waals surface area contributed by atoms with Gasteiger partial charge < -0.3 is 9.84 Å². The first-order valence-corrected chi connectivity index (χ1v) is 2.98. The van der Waals surface area contributed by atoms with E-state index >= 15 is 0 Å². The number of hydrogen-bond donors (Lipinski definition) is 1. The van der Waals surface area contributed by atoms with Crippen molar-refractivity contribution in [1.82, 2.24) is 0 Å². The Bertz CT molecular complexity index is 94.2. The van der Waals surface area contributed by atoms with Crippen LogP contribution in [0.3, 0.4) is 0 Å². The third-order valence-electron chi connectivity index (χ3n) is 0.666. The van der Waals surface area contributed by atoms with Crippen molar-refractivity contribution in [1.29, 1.82) is 0 Å². The summed E-state index contributed by atoms with van der Waals surface area (Å²) in [5.74, 6) is -0.380. The maximum absolute atomic E-state index is 10.1. The number of carbonyl (C=O) groups is 1. The maximum Gasteiger partial charge on any atom is 0.302 e. The fourth-order valence-electron chi connectivity index (χ4n) is 0.260. The van der Waals surface area contributed by atoms with Crippen molar-refractivity contribution in [3.63, 3.8) is 0 Å². The monoisotopic (exact) mass is 152 g/mol. The lowest BCUT2D eigenvalue weighted by atomic mass is 10.5. The summed E-state index contributed by atoms with van der Waals surface area (Å²) < 4.78 is 4.46. The van der Waals surface area contributed by atoms with Crippen LogP contribution in [0.5, 0.6) is 0 Å². The largest absolute Gasteiger partial charge is 0.464 e. The molecule has 0 aromatic rings. The Balaban J connectivity index is 3.16. The zero-order chi connectivity index (χ0) is 7.28. The summed E-state index contributed by atoms with van der Waals surface area (Å²) in [5, 5.41) is 7.85. The summed E-state index contributed by atoms with van der Waals surface area (Å²) in [6.07, 6.45) is 0.